The van der Waals surface area contributed by atoms with E-state index in [1.54, 1.807) is 5.57 Å². The highest BCUT2D eigenvalue weighted by atomic mass is 16.7. The highest BCUT2D eigenvalue weighted by molar-refractivity contribution is 5.69. The van der Waals surface area contributed by atoms with Gasteiger partial charge in [0.05, 0.1) is 18.8 Å². The van der Waals surface area contributed by atoms with Crippen molar-refractivity contribution in [3.05, 3.63) is 60.3 Å². The van der Waals surface area contributed by atoms with Gasteiger partial charge in [0.1, 0.15) is 18.8 Å². The third-order valence-corrected chi connectivity index (χ3v) is 17.8. The molecule has 0 aromatic heterocycles. The molecule has 7 nitrogen and oxygen atoms in total. The summed E-state index contributed by atoms with van der Waals surface area (Å²) in [6.45, 7) is 12.6. The first-order chi connectivity index (χ1) is 35.2. The summed E-state index contributed by atoms with van der Waals surface area (Å²) < 4.78 is 30.7. The van der Waals surface area contributed by atoms with Gasteiger partial charge in [-0.25, -0.2) is 0 Å². The van der Waals surface area contributed by atoms with E-state index in [4.69, 9.17) is 23.7 Å². The number of unbranched alkanes of at least 4 members (excludes halogenated alkanes) is 19. The van der Waals surface area contributed by atoms with Crippen LogP contribution in [0.4, 0.5) is 0 Å². The summed E-state index contributed by atoms with van der Waals surface area (Å²) in [5, 5.41) is 0. The maximum Gasteiger partial charge on any atom is 0.306 e. The smallest absolute Gasteiger partial charge is 0.306 e. The number of carbonyl (C=O) groups is 2. The van der Waals surface area contributed by atoms with Gasteiger partial charge in [0.25, 0.3) is 0 Å². The average Bonchev–Trinajstić information content (AvgIpc) is 3.98. The van der Waals surface area contributed by atoms with Crippen LogP contribution in [0.5, 0.6) is 0 Å². The van der Waals surface area contributed by atoms with Crippen LogP contribution >= 0.6 is 0 Å². The molecule has 7 unspecified atom stereocenters. The molecular formula is C65H108O7. The zero-order valence-electron chi connectivity index (χ0n) is 47.0. The van der Waals surface area contributed by atoms with Crippen molar-refractivity contribution in [2.24, 2.45) is 28.6 Å². The van der Waals surface area contributed by atoms with Crippen LogP contribution in [0.2, 0.25) is 0 Å². The summed E-state index contributed by atoms with van der Waals surface area (Å²) in [6, 6.07) is 0. The van der Waals surface area contributed by atoms with Crippen LogP contribution in [0.1, 0.15) is 266 Å². The van der Waals surface area contributed by atoms with Gasteiger partial charge >= 0.3 is 11.9 Å². The minimum Gasteiger partial charge on any atom is -0.463 e. The Labute approximate surface area is 442 Å². The molecule has 3 saturated carbocycles. The van der Waals surface area contributed by atoms with E-state index >= 15 is 0 Å². The van der Waals surface area contributed by atoms with Gasteiger partial charge in [0.2, 0.25) is 0 Å². The molecule has 0 amide bonds. The zero-order valence-corrected chi connectivity index (χ0v) is 47.0. The van der Waals surface area contributed by atoms with Crippen LogP contribution in [0.3, 0.4) is 0 Å². The third kappa shape index (κ3) is 20.9. The van der Waals surface area contributed by atoms with Crippen molar-refractivity contribution in [1.29, 1.82) is 0 Å². The first-order valence-electron chi connectivity index (χ1n) is 30.8. The number of fused-ring (bicyclic) bond motifs is 5. The highest BCUT2D eigenvalue weighted by Gasteiger charge is 2.60. The first kappa shape index (κ1) is 60.4. The molecule has 4 aliphatic carbocycles. The molecule has 5 aliphatic rings. The molecular weight excluding hydrogens is 893 g/mol. The van der Waals surface area contributed by atoms with Crippen molar-refractivity contribution >= 4 is 11.9 Å². The maximum absolute atomic E-state index is 12.9. The van der Waals surface area contributed by atoms with Gasteiger partial charge in [-0.1, -0.05) is 178 Å². The van der Waals surface area contributed by atoms with E-state index in [2.05, 4.69) is 89.3 Å². The highest BCUT2D eigenvalue weighted by Crippen LogP contribution is 2.66. The summed E-state index contributed by atoms with van der Waals surface area (Å²) in [6.07, 6.45) is 61.9. The van der Waals surface area contributed by atoms with Crippen molar-refractivity contribution in [2.45, 2.75) is 296 Å². The predicted molar refractivity (Wildman–Crippen MR) is 299 cm³/mol. The fraction of sp³-hybridized carbons (Fsp3) is 0.815. The third-order valence-electron chi connectivity index (χ3n) is 17.8. The number of rotatable bonds is 38. The second kappa shape index (κ2) is 35.0. The van der Waals surface area contributed by atoms with Crippen molar-refractivity contribution in [2.75, 3.05) is 13.2 Å². The molecule has 7 heteroatoms. The lowest BCUT2D eigenvalue weighted by Gasteiger charge is -2.58. The number of hydrogen-bond acceptors (Lipinski definition) is 7. The average molecular weight is 1000 g/mol. The van der Waals surface area contributed by atoms with E-state index in [1.165, 1.54) is 135 Å². The second-order valence-corrected chi connectivity index (χ2v) is 23.5. The fourth-order valence-corrected chi connectivity index (χ4v) is 13.4. The van der Waals surface area contributed by atoms with Crippen LogP contribution in [0.25, 0.3) is 0 Å². The number of carbonyl (C=O) groups excluding carboxylic acids is 2. The van der Waals surface area contributed by atoms with Crippen LogP contribution in [-0.4, -0.2) is 55.9 Å². The number of allylic oxidation sites excluding steroid dienone is 7. The first-order valence-corrected chi connectivity index (χ1v) is 30.8. The van der Waals surface area contributed by atoms with Gasteiger partial charge in [-0.2, -0.15) is 0 Å². The Morgan fingerprint density at radius 3 is 1.93 bits per heavy atom. The van der Waals surface area contributed by atoms with Crippen LogP contribution in [0, 0.1) is 28.6 Å². The lowest BCUT2D eigenvalue weighted by molar-refractivity contribution is -0.160. The monoisotopic (exact) mass is 1000 g/mol. The Morgan fingerprint density at radius 1 is 0.639 bits per heavy atom. The molecule has 5 rings (SSSR count). The van der Waals surface area contributed by atoms with Gasteiger partial charge in [-0.05, 0) is 158 Å². The van der Waals surface area contributed by atoms with Gasteiger partial charge in [-0.15, -0.1) is 0 Å². The Balaban J connectivity index is 0.918. The summed E-state index contributed by atoms with van der Waals surface area (Å²) in [5.74, 6) is 2.05. The molecule has 0 aromatic carbocycles. The molecule has 410 valence electrons. The number of hydrogen-bond donors (Lipinski definition) is 0. The molecule has 0 bridgehead atoms. The zero-order chi connectivity index (χ0) is 51.1. The number of ether oxygens (including phenoxy) is 5. The van der Waals surface area contributed by atoms with Crippen LogP contribution in [-0.2, 0) is 33.3 Å². The van der Waals surface area contributed by atoms with E-state index in [0.29, 0.717) is 32.0 Å². The maximum atomic E-state index is 12.9. The van der Waals surface area contributed by atoms with E-state index in [-0.39, 0.29) is 53.5 Å². The molecule has 0 spiro atoms. The summed E-state index contributed by atoms with van der Waals surface area (Å²) in [7, 11) is 0. The quantitative estimate of drug-likeness (QED) is 0.0346. The SMILES string of the molecule is CCCCC/C=C\C/C=C\CCCCCCCC1OCC(COC(=O)CCCCCCC/C=C\C(/C=C\CCCCC)OC2C=C3CCC4C(CC[C@@]5(C)C4CC[C@@H]5OC(=O)CCCCCC)[C@@]3(C)CC2)O1. The van der Waals surface area contributed by atoms with E-state index in [9.17, 15) is 9.59 Å². The molecule has 0 aromatic rings. The summed E-state index contributed by atoms with van der Waals surface area (Å²) in [5.41, 5.74) is 2.04. The topological polar surface area (TPSA) is 80.3 Å². The van der Waals surface area contributed by atoms with E-state index < -0.39 is 0 Å². The minimum atomic E-state index is -0.161. The molecule has 72 heavy (non-hydrogen) atoms. The minimum absolute atomic E-state index is 0.00277. The van der Waals surface area contributed by atoms with Gasteiger partial charge in [0, 0.05) is 18.3 Å². The molecule has 1 aliphatic heterocycles. The lowest BCUT2D eigenvalue weighted by atomic mass is 9.47. The Kier molecular flexibility index (Phi) is 29.3. The Morgan fingerprint density at radius 2 is 1.24 bits per heavy atom. The Bertz CT molecular complexity index is 1640. The van der Waals surface area contributed by atoms with Crippen molar-refractivity contribution in [3.8, 4) is 0 Å². The van der Waals surface area contributed by atoms with Crippen molar-refractivity contribution in [1.82, 2.24) is 0 Å². The summed E-state index contributed by atoms with van der Waals surface area (Å²) in [4.78, 5) is 25.4. The summed E-state index contributed by atoms with van der Waals surface area (Å²) >= 11 is 0. The molecule has 4 fully saturated rings. The normalized spacial score (nSPS) is 28.7. The fourth-order valence-electron chi connectivity index (χ4n) is 13.4. The van der Waals surface area contributed by atoms with Gasteiger partial charge in [0.15, 0.2) is 6.29 Å². The molecule has 1 saturated heterocycles. The van der Waals surface area contributed by atoms with Crippen molar-refractivity contribution in [3.63, 3.8) is 0 Å². The molecule has 0 radical (unpaired) electrons. The van der Waals surface area contributed by atoms with Crippen molar-refractivity contribution < 1.29 is 33.3 Å². The largest absolute Gasteiger partial charge is 0.463 e. The van der Waals surface area contributed by atoms with Gasteiger partial charge < -0.3 is 23.7 Å². The molecule has 0 N–H and O–H groups in total. The molecule has 1 heterocycles. The van der Waals surface area contributed by atoms with Crippen LogP contribution in [0.15, 0.2) is 60.3 Å². The predicted octanol–water partition coefficient (Wildman–Crippen LogP) is 18.1. The second-order valence-electron chi connectivity index (χ2n) is 23.5. The van der Waals surface area contributed by atoms with E-state index in [0.717, 1.165) is 95.3 Å². The standard InChI is InChI=1S/C65H108O7/c1-6-9-12-15-16-17-18-19-20-21-22-23-27-31-36-41-63-69-52-56(71-63)51-68-61(66)39-35-30-26-24-25-29-33-38-54(37-32-28-13-10-7-2)70-55-46-48-64(4)53(50-55)42-43-57-58-44-45-60(65(58,5)49-47-59(57)64)72-62(67)40-34-14-11-8-3/h16-17,19-20,32-33,37-38,50,54-60,63H,6-15,18,21-31,34-36,39-49,51-52H2,1-5H3/b17-16-,20-19-,37-32-,38-33-/t54?,55?,56?,57?,58?,59?,60-,63?,64-,65-/m0/s1. The van der Waals surface area contributed by atoms with E-state index in [1.807, 2.05) is 0 Å². The van der Waals surface area contributed by atoms with Gasteiger partial charge in [-0.3, -0.25) is 9.59 Å². The lowest BCUT2D eigenvalue weighted by Crippen LogP contribution is -2.52. The Hall–Kier alpha value is -2.48. The van der Waals surface area contributed by atoms with Crippen LogP contribution < -0.4 is 0 Å². The number of esters is 2. The molecule has 10 atom stereocenters.